The fraction of sp³-hybridized carbons (Fsp3) is 0.650. The van der Waals surface area contributed by atoms with Gasteiger partial charge in [-0.1, -0.05) is 38.1 Å². The molecular formula is C20H34N4O2S. The van der Waals surface area contributed by atoms with Crippen LogP contribution in [0.5, 0.6) is 0 Å². The number of nitrogens with zero attached hydrogens (tertiary/aromatic N) is 1. The van der Waals surface area contributed by atoms with Gasteiger partial charge in [0.2, 0.25) is 10.0 Å². The van der Waals surface area contributed by atoms with Crippen LogP contribution in [0.1, 0.15) is 50.7 Å². The minimum absolute atomic E-state index is 0.000512. The third-order valence-electron chi connectivity index (χ3n) is 5.43. The number of guanidine groups is 1. The molecule has 0 unspecified atom stereocenters. The zero-order valence-electron chi connectivity index (χ0n) is 17.0. The van der Waals surface area contributed by atoms with Gasteiger partial charge in [-0.3, -0.25) is 4.99 Å². The second kappa shape index (κ2) is 10.1. The molecule has 0 saturated heterocycles. The molecule has 0 aliphatic heterocycles. The van der Waals surface area contributed by atoms with E-state index in [1.54, 1.807) is 7.05 Å². The first-order valence-electron chi connectivity index (χ1n) is 9.79. The zero-order chi connectivity index (χ0) is 19.9. The summed E-state index contributed by atoms with van der Waals surface area (Å²) >= 11 is 0. The van der Waals surface area contributed by atoms with Crippen molar-refractivity contribution in [2.75, 3.05) is 14.1 Å². The number of hydrogen-bond acceptors (Lipinski definition) is 3. The molecule has 2 rings (SSSR count). The minimum Gasteiger partial charge on any atom is -0.354 e. The second-order valence-electron chi connectivity index (χ2n) is 7.71. The summed E-state index contributed by atoms with van der Waals surface area (Å²) in [5.41, 5.74) is 1.87. The summed E-state index contributed by atoms with van der Waals surface area (Å²) in [6.45, 7) is 5.29. The minimum atomic E-state index is -3.24. The van der Waals surface area contributed by atoms with E-state index in [1.165, 1.54) is 32.7 Å². The Labute approximate surface area is 164 Å². The zero-order valence-corrected chi connectivity index (χ0v) is 17.8. The Morgan fingerprint density at radius 3 is 2.22 bits per heavy atom. The van der Waals surface area contributed by atoms with Gasteiger partial charge < -0.3 is 10.6 Å². The first-order chi connectivity index (χ1) is 12.8. The smallest absolute Gasteiger partial charge is 0.215 e. The Morgan fingerprint density at radius 1 is 1.11 bits per heavy atom. The van der Waals surface area contributed by atoms with Gasteiger partial charge in [0.25, 0.3) is 0 Å². The standard InChI is InChI=1S/C20H34N4O2S/c1-15(2)18-9-11-19(12-10-18)24-20(21-3)23-13-16-5-7-17(8-6-16)14-27(25,26)22-4/h5-8,15,18-19,22H,9-14H2,1-4H3,(H2,21,23,24). The van der Waals surface area contributed by atoms with Gasteiger partial charge in [-0.05, 0) is 55.7 Å². The van der Waals surface area contributed by atoms with Gasteiger partial charge in [0.1, 0.15) is 0 Å². The summed E-state index contributed by atoms with van der Waals surface area (Å²) in [5.74, 6) is 2.45. The first-order valence-corrected chi connectivity index (χ1v) is 11.4. The van der Waals surface area contributed by atoms with E-state index in [4.69, 9.17) is 0 Å². The molecule has 1 aliphatic rings. The molecule has 1 fully saturated rings. The van der Waals surface area contributed by atoms with E-state index >= 15 is 0 Å². The van der Waals surface area contributed by atoms with Crippen molar-refractivity contribution < 1.29 is 8.42 Å². The highest BCUT2D eigenvalue weighted by atomic mass is 32.2. The molecule has 27 heavy (non-hydrogen) atoms. The van der Waals surface area contributed by atoms with Crippen LogP contribution in [0, 0.1) is 11.8 Å². The third-order valence-corrected chi connectivity index (χ3v) is 6.77. The van der Waals surface area contributed by atoms with E-state index in [0.717, 1.165) is 28.9 Å². The molecule has 1 saturated carbocycles. The number of sulfonamides is 1. The van der Waals surface area contributed by atoms with Crippen molar-refractivity contribution in [3.63, 3.8) is 0 Å². The summed E-state index contributed by atoms with van der Waals surface area (Å²) in [6.07, 6.45) is 4.95. The van der Waals surface area contributed by atoms with E-state index in [9.17, 15) is 8.42 Å². The molecule has 1 aliphatic carbocycles. The SMILES string of the molecule is CN=C(NCc1ccc(CS(=O)(=O)NC)cc1)NC1CCC(C(C)C)CC1. The molecule has 3 N–H and O–H groups in total. The molecule has 1 aromatic carbocycles. The molecule has 7 heteroatoms. The van der Waals surface area contributed by atoms with Crippen LogP contribution in [0.4, 0.5) is 0 Å². The predicted octanol–water partition coefficient (Wildman–Crippen LogP) is 2.62. The molecule has 0 radical (unpaired) electrons. The van der Waals surface area contributed by atoms with Crippen molar-refractivity contribution >= 4 is 16.0 Å². The maximum absolute atomic E-state index is 11.6. The van der Waals surface area contributed by atoms with Gasteiger partial charge in [0, 0.05) is 19.6 Å². The number of benzene rings is 1. The van der Waals surface area contributed by atoms with Crippen molar-refractivity contribution in [1.29, 1.82) is 0 Å². The average molecular weight is 395 g/mol. The van der Waals surface area contributed by atoms with E-state index in [-0.39, 0.29) is 5.75 Å². The number of rotatable bonds is 7. The summed E-state index contributed by atoms with van der Waals surface area (Å²) in [6, 6.07) is 8.11. The maximum Gasteiger partial charge on any atom is 0.215 e. The molecule has 6 nitrogen and oxygen atoms in total. The lowest BCUT2D eigenvalue weighted by Gasteiger charge is -2.32. The van der Waals surface area contributed by atoms with Crippen molar-refractivity contribution in [2.24, 2.45) is 16.8 Å². The lowest BCUT2D eigenvalue weighted by molar-refractivity contribution is 0.250. The van der Waals surface area contributed by atoms with Crippen LogP contribution in [-0.4, -0.2) is 34.5 Å². The van der Waals surface area contributed by atoms with Crippen LogP contribution >= 0.6 is 0 Å². The highest BCUT2D eigenvalue weighted by Gasteiger charge is 2.23. The highest BCUT2D eigenvalue weighted by Crippen LogP contribution is 2.29. The van der Waals surface area contributed by atoms with Gasteiger partial charge >= 0.3 is 0 Å². The molecule has 0 spiro atoms. The van der Waals surface area contributed by atoms with Crippen LogP contribution in [0.15, 0.2) is 29.3 Å². The van der Waals surface area contributed by atoms with Gasteiger partial charge in [-0.25, -0.2) is 13.1 Å². The van der Waals surface area contributed by atoms with Gasteiger partial charge in [-0.2, -0.15) is 0 Å². The summed E-state index contributed by atoms with van der Waals surface area (Å²) in [4.78, 5) is 4.34. The van der Waals surface area contributed by atoms with Crippen molar-refractivity contribution in [2.45, 2.75) is 57.9 Å². The second-order valence-corrected chi connectivity index (χ2v) is 9.63. The van der Waals surface area contributed by atoms with Crippen LogP contribution in [-0.2, 0) is 22.3 Å². The lowest BCUT2D eigenvalue weighted by Crippen LogP contribution is -2.44. The van der Waals surface area contributed by atoms with Crippen LogP contribution in [0.3, 0.4) is 0 Å². The Balaban J connectivity index is 1.81. The van der Waals surface area contributed by atoms with Gasteiger partial charge in [0.05, 0.1) is 5.75 Å². The van der Waals surface area contributed by atoms with E-state index in [2.05, 4.69) is 34.2 Å². The average Bonchev–Trinajstić information content (AvgIpc) is 2.66. The summed E-state index contributed by atoms with van der Waals surface area (Å²) in [7, 11) is -0.0112. The van der Waals surface area contributed by atoms with Crippen LogP contribution < -0.4 is 15.4 Å². The molecular weight excluding hydrogens is 360 g/mol. The number of aliphatic imine (C=N–C) groups is 1. The Morgan fingerprint density at radius 2 is 1.70 bits per heavy atom. The van der Waals surface area contributed by atoms with Gasteiger partial charge in [0.15, 0.2) is 5.96 Å². The topological polar surface area (TPSA) is 82.6 Å². The van der Waals surface area contributed by atoms with Crippen molar-refractivity contribution in [3.8, 4) is 0 Å². The largest absolute Gasteiger partial charge is 0.354 e. The molecule has 0 aromatic heterocycles. The fourth-order valence-electron chi connectivity index (χ4n) is 3.55. The number of nitrogens with one attached hydrogen (secondary N) is 3. The molecule has 1 aromatic rings. The van der Waals surface area contributed by atoms with Crippen LogP contribution in [0.25, 0.3) is 0 Å². The molecule has 0 atom stereocenters. The molecule has 0 amide bonds. The molecule has 0 heterocycles. The maximum atomic E-state index is 11.6. The summed E-state index contributed by atoms with van der Waals surface area (Å²) < 4.78 is 25.5. The lowest BCUT2D eigenvalue weighted by atomic mass is 9.80. The van der Waals surface area contributed by atoms with Crippen molar-refractivity contribution in [1.82, 2.24) is 15.4 Å². The number of hydrogen-bond donors (Lipinski definition) is 3. The molecule has 0 bridgehead atoms. The fourth-order valence-corrected chi connectivity index (χ4v) is 4.32. The van der Waals surface area contributed by atoms with E-state index < -0.39 is 10.0 Å². The third kappa shape index (κ3) is 7.14. The van der Waals surface area contributed by atoms with Crippen molar-refractivity contribution in [3.05, 3.63) is 35.4 Å². The van der Waals surface area contributed by atoms with E-state index in [0.29, 0.717) is 12.6 Å². The molecule has 152 valence electrons. The highest BCUT2D eigenvalue weighted by molar-refractivity contribution is 7.88. The summed E-state index contributed by atoms with van der Waals surface area (Å²) in [5, 5.41) is 6.89. The van der Waals surface area contributed by atoms with Crippen LogP contribution in [0.2, 0.25) is 0 Å². The first kappa shape index (κ1) is 21.7. The Bertz CT molecular complexity index is 706. The monoisotopic (exact) mass is 394 g/mol. The quantitative estimate of drug-likeness (QED) is 0.490. The normalized spacial score (nSPS) is 21.3. The van der Waals surface area contributed by atoms with E-state index in [1.807, 2.05) is 24.3 Å². The predicted molar refractivity (Wildman–Crippen MR) is 112 cm³/mol. The van der Waals surface area contributed by atoms with Gasteiger partial charge in [-0.15, -0.1) is 0 Å². The Kier molecular flexibility index (Phi) is 8.10. The Hall–Kier alpha value is -1.60.